The van der Waals surface area contributed by atoms with E-state index in [0.717, 1.165) is 96.3 Å². The maximum absolute atomic E-state index is 14.0. The van der Waals surface area contributed by atoms with Crippen LogP contribution >= 0.6 is 0 Å². The van der Waals surface area contributed by atoms with Crippen LogP contribution in [0.3, 0.4) is 0 Å². The number of esters is 6. The summed E-state index contributed by atoms with van der Waals surface area (Å²) >= 11 is 0. The standard InChI is InChI=1S/C71H79N3O16/c1-3-66(75)85-49-23-19-15-11-7-5-9-13-17-21-47-83-59-38-42-62(43-39-59)89-69(78)55-29-46-64(71(80)90-63-44-40-60(41-45-63)84-48-22-18-14-10-6-8-12-16-20-24-50-86-67(76)4-2)65(51-55)70(79)87-52-53-25-36-61(37-26-53)88-68(77)54-27-30-56(31-28-54)72-73-57-32-34-58(35-33-57)74(81)82/h3-4,25-46,51H,1-2,5-24,47-50,52H2. The fourth-order valence-electron chi connectivity index (χ4n) is 9.10. The van der Waals surface area contributed by atoms with Crippen LogP contribution in [0.2, 0.25) is 0 Å². The lowest BCUT2D eigenvalue weighted by molar-refractivity contribution is -0.384. The Morgan fingerprint density at radius 1 is 0.378 bits per heavy atom. The van der Waals surface area contributed by atoms with Crippen molar-refractivity contribution in [2.24, 2.45) is 10.2 Å². The second-order valence-electron chi connectivity index (χ2n) is 21.1. The van der Waals surface area contributed by atoms with Crippen molar-refractivity contribution in [2.45, 2.75) is 135 Å². The number of hydrogen-bond donors (Lipinski definition) is 0. The van der Waals surface area contributed by atoms with E-state index in [1.165, 1.54) is 111 Å². The molecule has 0 atom stereocenters. The molecule has 19 nitrogen and oxygen atoms in total. The van der Waals surface area contributed by atoms with Crippen molar-refractivity contribution in [2.75, 3.05) is 26.4 Å². The lowest BCUT2D eigenvalue weighted by Crippen LogP contribution is -2.18. The van der Waals surface area contributed by atoms with E-state index >= 15 is 0 Å². The minimum absolute atomic E-state index is 0.0366. The molecule has 0 unspecified atom stereocenters. The zero-order valence-electron chi connectivity index (χ0n) is 50.9. The highest BCUT2D eigenvalue weighted by atomic mass is 16.6. The Hall–Kier alpha value is -9.78. The highest BCUT2D eigenvalue weighted by Crippen LogP contribution is 2.27. The lowest BCUT2D eigenvalue weighted by atomic mass is 10.0. The van der Waals surface area contributed by atoms with Gasteiger partial charge in [0, 0.05) is 24.3 Å². The molecule has 0 radical (unpaired) electrons. The van der Waals surface area contributed by atoms with Gasteiger partial charge in [0.1, 0.15) is 35.4 Å². The molecule has 0 bridgehead atoms. The fraction of sp³-hybridized carbons (Fsp3) is 0.352. The van der Waals surface area contributed by atoms with Gasteiger partial charge in [-0.3, -0.25) is 10.1 Å². The summed E-state index contributed by atoms with van der Waals surface area (Å²) in [5, 5.41) is 19.1. The summed E-state index contributed by atoms with van der Waals surface area (Å²) in [6.07, 6.45) is 23.9. The number of azo groups is 1. The summed E-state index contributed by atoms with van der Waals surface area (Å²) in [7, 11) is 0. The number of unbranched alkanes of at least 4 members (excludes halogenated alkanes) is 18. The van der Waals surface area contributed by atoms with Crippen molar-refractivity contribution in [3.63, 3.8) is 0 Å². The van der Waals surface area contributed by atoms with E-state index in [9.17, 15) is 38.9 Å². The van der Waals surface area contributed by atoms with Gasteiger partial charge >= 0.3 is 35.8 Å². The fourth-order valence-corrected chi connectivity index (χ4v) is 9.10. The first kappa shape index (κ1) is 69.3. The molecule has 0 spiro atoms. The SMILES string of the molecule is C=CC(=O)OCCCCCCCCCCCCOc1ccc(OC(=O)c2ccc(C(=O)Oc3ccc(OCCCCCCCCCCCCOC(=O)C=C)cc3)c(C(=O)OCc3ccc(OC(=O)c4ccc(N=Nc5ccc([N+](=O)[O-])cc5)cc4)cc3)c2)cc1. The topological polar surface area (TPSA) is 244 Å². The van der Waals surface area contributed by atoms with Gasteiger partial charge < -0.3 is 37.9 Å². The van der Waals surface area contributed by atoms with Crippen LogP contribution in [0.15, 0.2) is 175 Å². The Kier molecular flexibility index (Phi) is 30.7. The van der Waals surface area contributed by atoms with Crippen LogP contribution in [-0.4, -0.2) is 67.2 Å². The number of nitro groups is 1. The summed E-state index contributed by atoms with van der Waals surface area (Å²) in [5.41, 5.74) is 1.07. The van der Waals surface area contributed by atoms with Gasteiger partial charge in [0.15, 0.2) is 0 Å². The Bertz CT molecular complexity index is 3270. The molecule has 0 saturated carbocycles. The predicted molar refractivity (Wildman–Crippen MR) is 339 cm³/mol. The van der Waals surface area contributed by atoms with Crippen molar-refractivity contribution in [3.05, 3.63) is 203 Å². The zero-order valence-corrected chi connectivity index (χ0v) is 50.9. The van der Waals surface area contributed by atoms with E-state index in [2.05, 4.69) is 23.4 Å². The molecule has 0 aromatic heterocycles. The number of nitro benzene ring substituents is 1. The van der Waals surface area contributed by atoms with E-state index in [1.54, 1.807) is 72.8 Å². The monoisotopic (exact) mass is 1230 g/mol. The van der Waals surface area contributed by atoms with Crippen LogP contribution in [0.1, 0.15) is 175 Å². The van der Waals surface area contributed by atoms with Gasteiger partial charge in [0.2, 0.25) is 0 Å². The highest BCUT2D eigenvalue weighted by molar-refractivity contribution is 6.06. The minimum atomic E-state index is -0.931. The van der Waals surface area contributed by atoms with Gasteiger partial charge in [-0.1, -0.05) is 128 Å². The first-order chi connectivity index (χ1) is 43.9. The summed E-state index contributed by atoms with van der Waals surface area (Å²) in [4.78, 5) is 87.1. The van der Waals surface area contributed by atoms with E-state index < -0.39 is 28.8 Å². The number of ether oxygens (including phenoxy) is 8. The van der Waals surface area contributed by atoms with Gasteiger partial charge in [-0.05, 0) is 147 Å². The third-order valence-corrected chi connectivity index (χ3v) is 14.1. The predicted octanol–water partition coefficient (Wildman–Crippen LogP) is 17.0. The van der Waals surface area contributed by atoms with Crippen LogP contribution in [0.5, 0.6) is 28.7 Å². The first-order valence-electron chi connectivity index (χ1n) is 30.7. The number of benzene rings is 6. The molecule has 6 aromatic rings. The summed E-state index contributed by atoms with van der Waals surface area (Å²) in [6, 6.07) is 35.1. The van der Waals surface area contributed by atoms with E-state index in [-0.39, 0.29) is 63.7 Å². The third-order valence-electron chi connectivity index (χ3n) is 14.1. The average molecular weight is 1230 g/mol. The summed E-state index contributed by atoms with van der Waals surface area (Å²) < 4.78 is 44.6. The molecule has 19 heteroatoms. The van der Waals surface area contributed by atoms with Gasteiger partial charge in [0.25, 0.3) is 5.69 Å². The molecule has 0 aliphatic rings. The maximum Gasteiger partial charge on any atom is 0.344 e. The summed E-state index contributed by atoms with van der Waals surface area (Å²) in [5.74, 6) is -2.15. The van der Waals surface area contributed by atoms with Crippen molar-refractivity contribution < 1.29 is 71.6 Å². The van der Waals surface area contributed by atoms with Gasteiger partial charge in [0.05, 0.1) is 65.0 Å². The maximum atomic E-state index is 14.0. The van der Waals surface area contributed by atoms with Crippen LogP contribution in [0, 0.1) is 10.1 Å². The Morgan fingerprint density at radius 3 is 1.16 bits per heavy atom. The molecule has 0 fully saturated rings. The molecule has 0 aliphatic heterocycles. The number of nitrogens with zero attached hydrogens (tertiary/aromatic N) is 3. The Morgan fingerprint density at radius 2 is 0.733 bits per heavy atom. The van der Waals surface area contributed by atoms with Crippen LogP contribution in [0.4, 0.5) is 17.1 Å². The van der Waals surface area contributed by atoms with E-state index in [0.29, 0.717) is 54.9 Å². The molecule has 6 aromatic carbocycles. The molecule has 0 heterocycles. The number of non-ortho nitro benzene ring substituents is 1. The minimum Gasteiger partial charge on any atom is -0.494 e. The van der Waals surface area contributed by atoms with Gasteiger partial charge in [-0.2, -0.15) is 10.2 Å². The Labute approximate surface area is 525 Å². The molecule has 0 saturated heterocycles. The number of carbonyl (C=O) groups excluding carboxylic acids is 6. The zero-order chi connectivity index (χ0) is 64.0. The number of rotatable bonds is 42. The highest BCUT2D eigenvalue weighted by Gasteiger charge is 2.24. The number of hydrogen-bond acceptors (Lipinski definition) is 18. The van der Waals surface area contributed by atoms with E-state index in [4.69, 9.17) is 37.9 Å². The number of carbonyl (C=O) groups is 6. The quantitative estimate of drug-likeness (QED) is 0.00505. The first-order valence-corrected chi connectivity index (χ1v) is 30.7. The van der Waals surface area contributed by atoms with Crippen molar-refractivity contribution in [1.82, 2.24) is 0 Å². The second kappa shape index (κ2) is 39.9. The van der Waals surface area contributed by atoms with Crippen molar-refractivity contribution in [1.29, 1.82) is 0 Å². The van der Waals surface area contributed by atoms with E-state index in [1.807, 2.05) is 0 Å². The van der Waals surface area contributed by atoms with Crippen LogP contribution in [-0.2, 0) is 30.4 Å². The van der Waals surface area contributed by atoms with Crippen molar-refractivity contribution in [3.8, 4) is 28.7 Å². The molecule has 0 amide bonds. The third kappa shape index (κ3) is 26.3. The molecule has 90 heavy (non-hydrogen) atoms. The smallest absolute Gasteiger partial charge is 0.344 e. The lowest BCUT2D eigenvalue weighted by Gasteiger charge is -2.13. The normalized spacial score (nSPS) is 10.8. The van der Waals surface area contributed by atoms with Gasteiger partial charge in [-0.25, -0.2) is 28.8 Å². The molecule has 6 rings (SSSR count). The van der Waals surface area contributed by atoms with Gasteiger partial charge in [-0.15, -0.1) is 0 Å². The second-order valence-corrected chi connectivity index (χ2v) is 21.1. The largest absolute Gasteiger partial charge is 0.494 e. The molecule has 0 N–H and O–H groups in total. The van der Waals surface area contributed by atoms with Crippen LogP contribution in [0.25, 0.3) is 0 Å². The van der Waals surface area contributed by atoms with Crippen LogP contribution < -0.4 is 23.7 Å². The van der Waals surface area contributed by atoms with Crippen molar-refractivity contribution >= 4 is 52.9 Å². The molecular weight excluding hydrogens is 1150 g/mol. The molecule has 0 aliphatic carbocycles. The summed E-state index contributed by atoms with van der Waals surface area (Å²) in [6.45, 7) is 8.49. The molecular formula is C71H79N3O16. The molecule has 474 valence electrons. The average Bonchev–Trinajstić information content (AvgIpc) is 1.74. The Balaban J connectivity index is 0.980.